The van der Waals surface area contributed by atoms with Gasteiger partial charge in [0.05, 0.1) is 10.5 Å². The number of likely N-dealkylation sites (N-methyl/N-ethyl adjacent to an activating group) is 1. The number of aliphatic hydroxyl groups is 1. The summed E-state index contributed by atoms with van der Waals surface area (Å²) in [7, 11) is 0. The Morgan fingerprint density at radius 1 is 1.50 bits per heavy atom. The van der Waals surface area contributed by atoms with Crippen LogP contribution in [0.1, 0.15) is 20.8 Å². The number of hydrogen-bond donors (Lipinski definition) is 1. The van der Waals surface area contributed by atoms with Gasteiger partial charge in [-0.25, -0.2) is 4.39 Å². The molecule has 0 heterocycles. The Morgan fingerprint density at radius 3 is 2.56 bits per heavy atom. The zero-order chi connectivity index (χ0) is 13.9. The first-order valence-electron chi connectivity index (χ1n) is 5.66. The average Bonchev–Trinajstić information content (AvgIpc) is 2.24. The Kier molecular flexibility index (Phi) is 4.24. The molecule has 0 aliphatic carbocycles. The first kappa shape index (κ1) is 14.4. The van der Waals surface area contributed by atoms with Crippen molar-refractivity contribution >= 4 is 11.4 Å². The van der Waals surface area contributed by atoms with Gasteiger partial charge < -0.3 is 10.0 Å². The first-order valence-corrected chi connectivity index (χ1v) is 5.66. The Labute approximate surface area is 105 Å². The van der Waals surface area contributed by atoms with Crippen LogP contribution >= 0.6 is 0 Å². The lowest BCUT2D eigenvalue weighted by molar-refractivity contribution is -0.384. The van der Waals surface area contributed by atoms with E-state index in [1.165, 1.54) is 0 Å². The predicted molar refractivity (Wildman–Crippen MR) is 67.2 cm³/mol. The summed E-state index contributed by atoms with van der Waals surface area (Å²) in [6, 6.07) is 3.31. The molecule has 0 saturated carbocycles. The Bertz CT molecular complexity index is 443. The highest BCUT2D eigenvalue weighted by atomic mass is 19.1. The Hall–Kier alpha value is -1.69. The lowest BCUT2D eigenvalue weighted by atomic mass is 10.1. The van der Waals surface area contributed by atoms with Crippen molar-refractivity contribution in [3.63, 3.8) is 0 Å². The van der Waals surface area contributed by atoms with Crippen LogP contribution in [-0.2, 0) is 0 Å². The third-order valence-corrected chi connectivity index (χ3v) is 2.43. The van der Waals surface area contributed by atoms with Crippen LogP contribution in [0.4, 0.5) is 15.8 Å². The van der Waals surface area contributed by atoms with Gasteiger partial charge in [0.25, 0.3) is 5.69 Å². The molecule has 1 aromatic rings. The molecule has 1 rings (SSSR count). The van der Waals surface area contributed by atoms with Crippen LogP contribution < -0.4 is 4.90 Å². The van der Waals surface area contributed by atoms with Gasteiger partial charge in [-0.1, -0.05) is 0 Å². The van der Waals surface area contributed by atoms with Crippen molar-refractivity contribution < 1.29 is 14.4 Å². The minimum absolute atomic E-state index is 0.164. The normalized spacial score (nSPS) is 11.4. The number of rotatable bonds is 5. The smallest absolute Gasteiger partial charge is 0.292 e. The molecule has 6 heteroatoms. The molecule has 0 amide bonds. The van der Waals surface area contributed by atoms with E-state index in [4.69, 9.17) is 0 Å². The fourth-order valence-electron chi connectivity index (χ4n) is 1.74. The van der Waals surface area contributed by atoms with E-state index in [1.54, 1.807) is 25.7 Å². The maximum atomic E-state index is 13.2. The second-order valence-corrected chi connectivity index (χ2v) is 4.72. The molecule has 5 nitrogen and oxygen atoms in total. The van der Waals surface area contributed by atoms with E-state index >= 15 is 0 Å². The number of anilines is 1. The molecule has 0 aliphatic heterocycles. The lowest BCUT2D eigenvalue weighted by Crippen LogP contribution is -2.38. The zero-order valence-corrected chi connectivity index (χ0v) is 10.7. The van der Waals surface area contributed by atoms with Crippen molar-refractivity contribution in [2.75, 3.05) is 18.0 Å². The molecule has 0 bridgehead atoms. The molecule has 18 heavy (non-hydrogen) atoms. The zero-order valence-electron chi connectivity index (χ0n) is 10.7. The van der Waals surface area contributed by atoms with Crippen LogP contribution in [-0.4, -0.2) is 28.7 Å². The van der Waals surface area contributed by atoms with Gasteiger partial charge in [-0.05, 0) is 26.8 Å². The minimum Gasteiger partial charge on any atom is -0.389 e. The van der Waals surface area contributed by atoms with Gasteiger partial charge >= 0.3 is 0 Å². The van der Waals surface area contributed by atoms with Crippen molar-refractivity contribution in [1.82, 2.24) is 0 Å². The average molecular weight is 256 g/mol. The number of halogens is 1. The van der Waals surface area contributed by atoms with Crippen molar-refractivity contribution in [1.29, 1.82) is 0 Å². The summed E-state index contributed by atoms with van der Waals surface area (Å²) in [5, 5.41) is 20.7. The number of benzene rings is 1. The third-order valence-electron chi connectivity index (χ3n) is 2.43. The summed E-state index contributed by atoms with van der Waals surface area (Å²) < 4.78 is 13.2. The molecular formula is C12H17FN2O3. The van der Waals surface area contributed by atoms with Gasteiger partial charge in [0.1, 0.15) is 11.5 Å². The summed E-state index contributed by atoms with van der Waals surface area (Å²) in [5.41, 5.74) is -0.997. The summed E-state index contributed by atoms with van der Waals surface area (Å²) in [4.78, 5) is 11.9. The minimum atomic E-state index is -1.02. The number of nitro groups is 1. The number of nitrogens with zero attached hydrogens (tertiary/aromatic N) is 2. The molecule has 0 atom stereocenters. The van der Waals surface area contributed by atoms with Gasteiger partial charge in [-0.15, -0.1) is 0 Å². The molecule has 0 saturated heterocycles. The molecule has 0 radical (unpaired) electrons. The largest absolute Gasteiger partial charge is 0.389 e. The fraction of sp³-hybridized carbons (Fsp3) is 0.500. The van der Waals surface area contributed by atoms with Crippen LogP contribution in [0.2, 0.25) is 0 Å². The van der Waals surface area contributed by atoms with Crippen molar-refractivity contribution in [3.05, 3.63) is 34.1 Å². The van der Waals surface area contributed by atoms with E-state index < -0.39 is 16.3 Å². The summed E-state index contributed by atoms with van der Waals surface area (Å²) >= 11 is 0. The van der Waals surface area contributed by atoms with Crippen molar-refractivity contribution in [2.45, 2.75) is 26.4 Å². The number of hydrogen-bond acceptors (Lipinski definition) is 4. The highest BCUT2D eigenvalue weighted by molar-refractivity contribution is 5.63. The van der Waals surface area contributed by atoms with Crippen molar-refractivity contribution in [2.24, 2.45) is 0 Å². The van der Waals surface area contributed by atoms with Gasteiger partial charge in [0.2, 0.25) is 0 Å². The Balaban J connectivity index is 3.19. The van der Waals surface area contributed by atoms with Gasteiger partial charge in [0.15, 0.2) is 0 Å². The molecule has 1 N–H and O–H groups in total. The van der Waals surface area contributed by atoms with Gasteiger partial charge in [-0.3, -0.25) is 10.1 Å². The molecule has 0 fully saturated rings. The van der Waals surface area contributed by atoms with E-state index in [0.29, 0.717) is 6.54 Å². The van der Waals surface area contributed by atoms with E-state index in [-0.39, 0.29) is 17.9 Å². The van der Waals surface area contributed by atoms with Crippen molar-refractivity contribution in [3.8, 4) is 0 Å². The number of nitro benzene ring substituents is 1. The third kappa shape index (κ3) is 3.66. The van der Waals surface area contributed by atoms with E-state index in [0.717, 1.165) is 18.2 Å². The summed E-state index contributed by atoms with van der Waals surface area (Å²) in [6.07, 6.45) is 0. The molecule has 0 spiro atoms. The van der Waals surface area contributed by atoms with E-state index in [2.05, 4.69) is 0 Å². The first-order chi connectivity index (χ1) is 8.24. The van der Waals surface area contributed by atoms with E-state index in [9.17, 15) is 19.6 Å². The lowest BCUT2D eigenvalue weighted by Gasteiger charge is -2.29. The van der Waals surface area contributed by atoms with Crippen LogP contribution in [0, 0.1) is 15.9 Å². The molecule has 0 aromatic heterocycles. The highest BCUT2D eigenvalue weighted by Crippen LogP contribution is 2.29. The molecular weight excluding hydrogens is 239 g/mol. The van der Waals surface area contributed by atoms with E-state index in [1.807, 2.05) is 0 Å². The van der Waals surface area contributed by atoms with Crippen LogP contribution in [0.3, 0.4) is 0 Å². The highest BCUT2D eigenvalue weighted by Gasteiger charge is 2.24. The van der Waals surface area contributed by atoms with Gasteiger partial charge in [-0.2, -0.15) is 0 Å². The SMILES string of the molecule is CCN(CC(C)(C)O)c1cc(F)ccc1[N+](=O)[O-]. The quantitative estimate of drug-likeness (QED) is 0.648. The Morgan fingerprint density at radius 2 is 2.11 bits per heavy atom. The molecule has 0 aliphatic rings. The molecule has 0 unspecified atom stereocenters. The molecule has 1 aromatic carbocycles. The summed E-state index contributed by atoms with van der Waals surface area (Å²) in [5.74, 6) is -0.537. The standard InChI is InChI=1S/C12H17FN2O3/c1-4-14(8-12(2,3)16)11-7-9(13)5-6-10(11)15(17)18/h5-7,16H,4,8H2,1-3H3. The maximum Gasteiger partial charge on any atom is 0.292 e. The monoisotopic (exact) mass is 256 g/mol. The predicted octanol–water partition coefficient (Wildman–Crippen LogP) is 2.33. The maximum absolute atomic E-state index is 13.2. The second kappa shape index (κ2) is 5.30. The van der Waals surface area contributed by atoms with Crippen LogP contribution in [0.15, 0.2) is 18.2 Å². The van der Waals surface area contributed by atoms with Crippen LogP contribution in [0.25, 0.3) is 0 Å². The second-order valence-electron chi connectivity index (χ2n) is 4.72. The van der Waals surface area contributed by atoms with Gasteiger partial charge in [0, 0.05) is 25.2 Å². The van der Waals surface area contributed by atoms with Crippen LogP contribution in [0.5, 0.6) is 0 Å². The summed E-state index contributed by atoms with van der Waals surface area (Å²) in [6.45, 7) is 5.62. The topological polar surface area (TPSA) is 66.6 Å². The molecule has 100 valence electrons. The fourth-order valence-corrected chi connectivity index (χ4v) is 1.74.